The fourth-order valence-electron chi connectivity index (χ4n) is 2.59. The number of amides is 2. The fourth-order valence-corrected chi connectivity index (χ4v) is 2.82. The van der Waals surface area contributed by atoms with Crippen molar-refractivity contribution in [2.75, 3.05) is 25.5 Å². The van der Waals surface area contributed by atoms with E-state index in [0.717, 1.165) is 16.9 Å². The second-order valence-corrected chi connectivity index (χ2v) is 6.75. The van der Waals surface area contributed by atoms with Crippen LogP contribution >= 0.6 is 11.6 Å². The van der Waals surface area contributed by atoms with Crippen molar-refractivity contribution in [2.24, 2.45) is 0 Å². The number of para-hydroxylation sites is 1. The monoisotopic (exact) mass is 420 g/mol. The van der Waals surface area contributed by atoms with E-state index in [4.69, 9.17) is 16.3 Å². The van der Waals surface area contributed by atoms with Crippen molar-refractivity contribution in [2.45, 2.75) is 19.8 Å². The summed E-state index contributed by atoms with van der Waals surface area (Å²) < 4.78 is 18.6. The largest absolute Gasteiger partial charge is 0.455 e. The van der Waals surface area contributed by atoms with E-state index < -0.39 is 30.7 Å². The molecular weight excluding hydrogens is 399 g/mol. The maximum atomic E-state index is 13.7. The molecule has 29 heavy (non-hydrogen) atoms. The number of rotatable bonds is 8. The second-order valence-electron chi connectivity index (χ2n) is 6.35. The number of carbonyl (C=O) groups is 3. The van der Waals surface area contributed by atoms with Crippen LogP contribution in [0.25, 0.3) is 0 Å². The lowest BCUT2D eigenvalue weighted by Gasteiger charge is -2.17. The molecule has 6 nitrogen and oxygen atoms in total. The lowest BCUT2D eigenvalue weighted by Crippen LogP contribution is -2.37. The van der Waals surface area contributed by atoms with Gasteiger partial charge in [0.05, 0.1) is 13.0 Å². The van der Waals surface area contributed by atoms with Gasteiger partial charge in [-0.25, -0.2) is 4.39 Å². The molecule has 0 fully saturated rings. The Morgan fingerprint density at radius 2 is 1.86 bits per heavy atom. The van der Waals surface area contributed by atoms with Crippen molar-refractivity contribution < 1.29 is 23.5 Å². The van der Waals surface area contributed by atoms with Gasteiger partial charge in [-0.15, -0.1) is 0 Å². The summed E-state index contributed by atoms with van der Waals surface area (Å²) in [7, 11) is 1.43. The first-order valence-corrected chi connectivity index (χ1v) is 9.39. The number of carbonyl (C=O) groups excluding carboxylic acids is 3. The quantitative estimate of drug-likeness (QED) is 0.665. The van der Waals surface area contributed by atoms with Gasteiger partial charge in [-0.05, 0) is 30.2 Å². The molecule has 1 N–H and O–H groups in total. The molecule has 0 saturated heterocycles. The number of hydrogen-bond acceptors (Lipinski definition) is 4. The molecule has 0 saturated carbocycles. The summed E-state index contributed by atoms with van der Waals surface area (Å²) in [6.45, 7) is 1.22. The number of nitrogens with zero attached hydrogens (tertiary/aromatic N) is 1. The van der Waals surface area contributed by atoms with Crippen molar-refractivity contribution in [3.63, 3.8) is 0 Å². The molecule has 0 aliphatic rings. The first-order chi connectivity index (χ1) is 13.8. The molecule has 0 aliphatic carbocycles. The third kappa shape index (κ3) is 6.57. The molecule has 2 aromatic rings. The zero-order valence-corrected chi connectivity index (χ0v) is 17.0. The number of aryl methyl sites for hydroxylation is 1. The summed E-state index contributed by atoms with van der Waals surface area (Å²) in [5.74, 6) is -2.34. The van der Waals surface area contributed by atoms with Crippen molar-refractivity contribution in [3.8, 4) is 0 Å². The number of hydrogen-bond donors (Lipinski definition) is 1. The van der Waals surface area contributed by atoms with E-state index in [9.17, 15) is 18.8 Å². The third-order valence-corrected chi connectivity index (χ3v) is 4.57. The second kappa shape index (κ2) is 10.6. The van der Waals surface area contributed by atoms with Crippen LogP contribution in [0, 0.1) is 5.82 Å². The average Bonchev–Trinajstić information content (AvgIpc) is 2.69. The Kier molecular flexibility index (Phi) is 8.15. The van der Waals surface area contributed by atoms with E-state index in [1.54, 1.807) is 6.07 Å². The highest BCUT2D eigenvalue weighted by Gasteiger charge is 2.18. The van der Waals surface area contributed by atoms with Crippen molar-refractivity contribution in [1.82, 2.24) is 4.90 Å². The van der Waals surface area contributed by atoms with Gasteiger partial charge in [0.1, 0.15) is 5.82 Å². The Morgan fingerprint density at radius 1 is 1.14 bits per heavy atom. The van der Waals surface area contributed by atoms with Crippen LogP contribution in [0.15, 0.2) is 42.5 Å². The number of likely N-dealkylation sites (N-methyl/N-ethyl adjacent to an activating group) is 1. The maximum absolute atomic E-state index is 13.7. The Labute approximate surface area is 173 Å². The molecule has 0 spiro atoms. The molecule has 0 unspecified atom stereocenters. The minimum atomic E-state index is -0.792. The normalized spacial score (nSPS) is 10.3. The van der Waals surface area contributed by atoms with Crippen molar-refractivity contribution in [1.29, 1.82) is 0 Å². The molecular formula is C21H22ClFN2O4. The van der Waals surface area contributed by atoms with E-state index in [2.05, 4.69) is 5.32 Å². The first kappa shape index (κ1) is 22.4. The summed E-state index contributed by atoms with van der Waals surface area (Å²) in [6, 6.07) is 11.5. The Hall–Kier alpha value is -2.93. The van der Waals surface area contributed by atoms with Crippen molar-refractivity contribution in [3.05, 3.63) is 64.4 Å². The SMILES string of the molecule is CCc1ccccc1NC(=O)CN(C)C(=O)COC(=O)Cc1c(F)cccc1Cl. The van der Waals surface area contributed by atoms with Crippen LogP contribution in [-0.4, -0.2) is 42.9 Å². The van der Waals surface area contributed by atoms with Gasteiger partial charge in [0.2, 0.25) is 5.91 Å². The Balaban J connectivity index is 1.82. The zero-order chi connectivity index (χ0) is 21.4. The molecule has 154 valence electrons. The van der Waals surface area contributed by atoms with Crippen LogP contribution in [0.3, 0.4) is 0 Å². The van der Waals surface area contributed by atoms with E-state index in [0.29, 0.717) is 5.69 Å². The van der Waals surface area contributed by atoms with Gasteiger partial charge < -0.3 is 15.0 Å². The van der Waals surface area contributed by atoms with E-state index >= 15 is 0 Å². The van der Waals surface area contributed by atoms with Crippen LogP contribution in [0.4, 0.5) is 10.1 Å². The lowest BCUT2D eigenvalue weighted by molar-refractivity contribution is -0.151. The van der Waals surface area contributed by atoms with Crippen LogP contribution in [0.5, 0.6) is 0 Å². The summed E-state index contributed by atoms with van der Waals surface area (Å²) >= 11 is 5.86. The van der Waals surface area contributed by atoms with Gasteiger partial charge in [0.15, 0.2) is 6.61 Å². The van der Waals surface area contributed by atoms with Crippen LogP contribution in [0.2, 0.25) is 5.02 Å². The van der Waals surface area contributed by atoms with E-state index in [-0.39, 0.29) is 23.0 Å². The predicted octanol–water partition coefficient (Wildman–Crippen LogP) is 3.22. The molecule has 2 aromatic carbocycles. The zero-order valence-electron chi connectivity index (χ0n) is 16.2. The fraction of sp³-hybridized carbons (Fsp3) is 0.286. The summed E-state index contributed by atoms with van der Waals surface area (Å²) in [6.07, 6.45) is 0.365. The highest BCUT2D eigenvalue weighted by atomic mass is 35.5. The van der Waals surface area contributed by atoms with Gasteiger partial charge >= 0.3 is 5.97 Å². The number of ether oxygens (including phenoxy) is 1. The highest BCUT2D eigenvalue weighted by molar-refractivity contribution is 6.31. The number of benzene rings is 2. The van der Waals surface area contributed by atoms with Crippen LogP contribution in [0.1, 0.15) is 18.1 Å². The highest BCUT2D eigenvalue weighted by Crippen LogP contribution is 2.19. The van der Waals surface area contributed by atoms with Crippen LogP contribution < -0.4 is 5.32 Å². The number of anilines is 1. The Bertz CT molecular complexity index is 884. The standard InChI is InChI=1S/C21H22ClFN2O4/c1-3-14-7-4-5-10-18(14)24-19(26)12-25(2)20(27)13-29-21(28)11-15-16(22)8-6-9-17(15)23/h4-10H,3,11-13H2,1-2H3,(H,24,26). The minimum Gasteiger partial charge on any atom is -0.455 e. The summed E-state index contributed by atoms with van der Waals surface area (Å²) in [5, 5.41) is 2.87. The topological polar surface area (TPSA) is 75.7 Å². The number of nitrogens with one attached hydrogen (secondary N) is 1. The average molecular weight is 421 g/mol. The molecule has 0 aliphatic heterocycles. The molecule has 2 rings (SSSR count). The molecule has 0 atom stereocenters. The van der Waals surface area contributed by atoms with E-state index in [1.807, 2.05) is 25.1 Å². The minimum absolute atomic E-state index is 0.00828. The third-order valence-electron chi connectivity index (χ3n) is 4.22. The maximum Gasteiger partial charge on any atom is 0.310 e. The molecule has 2 amide bonds. The van der Waals surface area contributed by atoms with Gasteiger partial charge in [0, 0.05) is 23.3 Å². The molecule has 0 heterocycles. The first-order valence-electron chi connectivity index (χ1n) is 9.02. The van der Waals surface area contributed by atoms with Crippen molar-refractivity contribution >= 4 is 35.1 Å². The smallest absolute Gasteiger partial charge is 0.310 e. The molecule has 0 radical (unpaired) electrons. The summed E-state index contributed by atoms with van der Waals surface area (Å²) in [5.41, 5.74) is 1.68. The van der Waals surface area contributed by atoms with Gasteiger partial charge in [-0.2, -0.15) is 0 Å². The van der Waals surface area contributed by atoms with E-state index in [1.165, 1.54) is 25.2 Å². The van der Waals surface area contributed by atoms with Crippen LogP contribution in [-0.2, 0) is 32.0 Å². The molecule has 0 aromatic heterocycles. The molecule has 0 bridgehead atoms. The molecule has 8 heteroatoms. The predicted molar refractivity (Wildman–Crippen MR) is 108 cm³/mol. The number of esters is 1. The lowest BCUT2D eigenvalue weighted by atomic mass is 10.1. The number of halogens is 2. The van der Waals surface area contributed by atoms with Gasteiger partial charge in [-0.1, -0.05) is 42.8 Å². The van der Waals surface area contributed by atoms with Gasteiger partial charge in [0.25, 0.3) is 5.91 Å². The summed E-state index contributed by atoms with van der Waals surface area (Å²) in [4.78, 5) is 37.3. The Morgan fingerprint density at radius 3 is 2.55 bits per heavy atom. The van der Waals surface area contributed by atoms with Gasteiger partial charge in [-0.3, -0.25) is 14.4 Å².